The largest absolute Gasteiger partial charge is 0.309 e. The maximum absolute atomic E-state index is 12.3. The van der Waals surface area contributed by atoms with Gasteiger partial charge in [-0.15, -0.1) is 0 Å². The number of aromatic amines is 1. The van der Waals surface area contributed by atoms with Crippen LogP contribution < -0.4 is 4.90 Å². The molecule has 0 radical (unpaired) electrons. The minimum Gasteiger partial charge on any atom is -0.309 e. The van der Waals surface area contributed by atoms with Gasteiger partial charge in [0.2, 0.25) is 5.91 Å². The van der Waals surface area contributed by atoms with Gasteiger partial charge < -0.3 is 4.90 Å². The molecule has 0 atom stereocenters. The lowest BCUT2D eigenvalue weighted by atomic mass is 10.2. The first-order valence-corrected chi connectivity index (χ1v) is 7.02. The van der Waals surface area contributed by atoms with E-state index in [-0.39, 0.29) is 11.9 Å². The van der Waals surface area contributed by atoms with E-state index in [2.05, 4.69) is 15.2 Å². The Hall–Kier alpha value is -1.82. The lowest BCUT2D eigenvalue weighted by Crippen LogP contribution is -2.38. The second-order valence-corrected chi connectivity index (χ2v) is 5.24. The highest BCUT2D eigenvalue weighted by molar-refractivity contribution is 7.99. The van der Waals surface area contributed by atoms with Crippen molar-refractivity contribution in [1.82, 2.24) is 15.2 Å². The number of hydrogen-bond donors (Lipinski definition) is 1. The van der Waals surface area contributed by atoms with Gasteiger partial charge in [-0.25, -0.2) is 4.98 Å². The van der Waals surface area contributed by atoms with Gasteiger partial charge in [0.25, 0.3) is 0 Å². The van der Waals surface area contributed by atoms with Gasteiger partial charge in [0, 0.05) is 11.7 Å². The first-order chi connectivity index (χ1) is 9.18. The summed E-state index contributed by atoms with van der Waals surface area (Å²) >= 11 is 1.36. The monoisotopic (exact) mass is 276 g/mol. The highest BCUT2D eigenvalue weighted by Crippen LogP contribution is 2.19. The summed E-state index contributed by atoms with van der Waals surface area (Å²) in [6, 6.07) is 9.80. The van der Waals surface area contributed by atoms with Crippen LogP contribution in [0.15, 0.2) is 41.8 Å². The van der Waals surface area contributed by atoms with Gasteiger partial charge in [0.05, 0.1) is 5.75 Å². The molecule has 5 nitrogen and oxygen atoms in total. The van der Waals surface area contributed by atoms with Crippen LogP contribution in [-0.2, 0) is 4.79 Å². The minimum atomic E-state index is 0.0580. The molecule has 1 aromatic carbocycles. The summed E-state index contributed by atoms with van der Waals surface area (Å²) in [5.74, 6) is 0.394. The third-order valence-electron chi connectivity index (χ3n) is 2.54. The van der Waals surface area contributed by atoms with E-state index >= 15 is 0 Å². The summed E-state index contributed by atoms with van der Waals surface area (Å²) in [7, 11) is 0. The molecular formula is C13H16N4OS. The molecule has 100 valence electrons. The SMILES string of the molecule is CC(C)N(C(=O)CSc1ncn[nH]1)c1ccccc1. The average Bonchev–Trinajstić information content (AvgIpc) is 2.90. The number of aromatic nitrogens is 3. The lowest BCUT2D eigenvalue weighted by Gasteiger charge is -2.26. The predicted molar refractivity (Wildman–Crippen MR) is 76.2 cm³/mol. The van der Waals surface area contributed by atoms with Crippen LogP contribution in [0.25, 0.3) is 0 Å². The van der Waals surface area contributed by atoms with Crippen molar-refractivity contribution in [3.05, 3.63) is 36.7 Å². The van der Waals surface area contributed by atoms with E-state index in [1.807, 2.05) is 44.2 Å². The molecule has 1 aromatic heterocycles. The zero-order chi connectivity index (χ0) is 13.7. The number of hydrogen-bond acceptors (Lipinski definition) is 4. The maximum Gasteiger partial charge on any atom is 0.237 e. The second-order valence-electron chi connectivity index (χ2n) is 4.27. The first kappa shape index (κ1) is 13.6. The molecule has 0 spiro atoms. The van der Waals surface area contributed by atoms with Gasteiger partial charge in [-0.05, 0) is 26.0 Å². The van der Waals surface area contributed by atoms with Gasteiger partial charge in [-0.2, -0.15) is 5.10 Å². The molecule has 0 aliphatic rings. The summed E-state index contributed by atoms with van der Waals surface area (Å²) < 4.78 is 0. The molecule has 1 N–H and O–H groups in total. The molecule has 2 rings (SSSR count). The summed E-state index contributed by atoms with van der Waals surface area (Å²) in [5.41, 5.74) is 0.917. The Morgan fingerprint density at radius 3 is 2.68 bits per heavy atom. The summed E-state index contributed by atoms with van der Waals surface area (Å²) in [5, 5.41) is 7.15. The highest BCUT2D eigenvalue weighted by Gasteiger charge is 2.19. The predicted octanol–water partition coefficient (Wildman–Crippen LogP) is 2.34. The Morgan fingerprint density at radius 2 is 2.11 bits per heavy atom. The van der Waals surface area contributed by atoms with Crippen molar-refractivity contribution >= 4 is 23.4 Å². The van der Waals surface area contributed by atoms with Crippen molar-refractivity contribution in [3.8, 4) is 0 Å². The van der Waals surface area contributed by atoms with Gasteiger partial charge in [0.15, 0.2) is 5.16 Å². The van der Waals surface area contributed by atoms with E-state index in [0.717, 1.165) is 5.69 Å². The summed E-state index contributed by atoms with van der Waals surface area (Å²) in [6.45, 7) is 4.01. The molecule has 0 fully saturated rings. The number of carbonyl (C=O) groups is 1. The third-order valence-corrected chi connectivity index (χ3v) is 3.41. The number of nitrogens with one attached hydrogen (secondary N) is 1. The molecule has 2 aromatic rings. The van der Waals surface area contributed by atoms with E-state index in [1.165, 1.54) is 18.1 Å². The smallest absolute Gasteiger partial charge is 0.237 e. The van der Waals surface area contributed by atoms with Crippen molar-refractivity contribution in [2.24, 2.45) is 0 Å². The molecule has 6 heteroatoms. The quantitative estimate of drug-likeness (QED) is 0.851. The third kappa shape index (κ3) is 3.57. The Morgan fingerprint density at radius 1 is 1.37 bits per heavy atom. The van der Waals surface area contributed by atoms with Crippen LogP contribution in [-0.4, -0.2) is 32.9 Å². The van der Waals surface area contributed by atoms with Crippen molar-refractivity contribution < 1.29 is 4.79 Å². The Labute approximate surface area is 116 Å². The van der Waals surface area contributed by atoms with Gasteiger partial charge >= 0.3 is 0 Å². The van der Waals surface area contributed by atoms with Crippen molar-refractivity contribution in [3.63, 3.8) is 0 Å². The Bertz CT molecular complexity index is 513. The molecule has 0 unspecified atom stereocenters. The van der Waals surface area contributed by atoms with Crippen molar-refractivity contribution in [2.45, 2.75) is 25.0 Å². The number of carbonyl (C=O) groups excluding carboxylic acids is 1. The molecular weight excluding hydrogens is 260 g/mol. The zero-order valence-electron chi connectivity index (χ0n) is 10.9. The number of thioether (sulfide) groups is 1. The highest BCUT2D eigenvalue weighted by atomic mass is 32.2. The lowest BCUT2D eigenvalue weighted by molar-refractivity contribution is -0.116. The number of amides is 1. The van der Waals surface area contributed by atoms with Gasteiger partial charge in [-0.3, -0.25) is 9.89 Å². The first-order valence-electron chi connectivity index (χ1n) is 6.03. The molecule has 1 amide bonds. The van der Waals surface area contributed by atoms with Crippen LogP contribution in [0.5, 0.6) is 0 Å². The number of anilines is 1. The normalized spacial score (nSPS) is 10.7. The second kappa shape index (κ2) is 6.38. The number of rotatable bonds is 5. The van der Waals surface area contributed by atoms with Crippen LogP contribution in [0.3, 0.4) is 0 Å². The number of para-hydroxylation sites is 1. The number of benzene rings is 1. The van der Waals surface area contributed by atoms with Crippen molar-refractivity contribution in [1.29, 1.82) is 0 Å². The standard InChI is InChI=1S/C13H16N4OS/c1-10(2)17(11-6-4-3-5-7-11)12(18)8-19-13-14-9-15-16-13/h3-7,9-10H,8H2,1-2H3,(H,14,15,16). The van der Waals surface area contributed by atoms with Crippen LogP contribution in [0.1, 0.15) is 13.8 Å². The van der Waals surface area contributed by atoms with Gasteiger partial charge in [0.1, 0.15) is 6.33 Å². The molecule has 0 saturated heterocycles. The van der Waals surface area contributed by atoms with E-state index < -0.39 is 0 Å². The van der Waals surface area contributed by atoms with Crippen LogP contribution in [0, 0.1) is 0 Å². The van der Waals surface area contributed by atoms with Gasteiger partial charge in [-0.1, -0.05) is 30.0 Å². The van der Waals surface area contributed by atoms with Crippen molar-refractivity contribution in [2.75, 3.05) is 10.7 Å². The van der Waals surface area contributed by atoms with E-state index in [1.54, 1.807) is 4.90 Å². The zero-order valence-corrected chi connectivity index (χ0v) is 11.7. The molecule has 1 heterocycles. The summed E-state index contributed by atoms with van der Waals surface area (Å²) in [4.78, 5) is 18.1. The molecule has 0 aliphatic heterocycles. The fourth-order valence-electron chi connectivity index (χ4n) is 1.78. The molecule has 0 bridgehead atoms. The molecule has 0 aliphatic carbocycles. The molecule has 19 heavy (non-hydrogen) atoms. The fourth-order valence-corrected chi connectivity index (χ4v) is 2.42. The number of nitrogens with zero attached hydrogens (tertiary/aromatic N) is 3. The number of H-pyrrole nitrogens is 1. The fraction of sp³-hybridized carbons (Fsp3) is 0.308. The molecule has 0 saturated carbocycles. The summed E-state index contributed by atoms with van der Waals surface area (Å²) in [6.07, 6.45) is 1.43. The van der Waals surface area contributed by atoms with Crippen LogP contribution in [0.4, 0.5) is 5.69 Å². The maximum atomic E-state index is 12.3. The van der Waals surface area contributed by atoms with E-state index in [0.29, 0.717) is 10.9 Å². The topological polar surface area (TPSA) is 61.9 Å². The average molecular weight is 276 g/mol. The minimum absolute atomic E-state index is 0.0580. The van der Waals surface area contributed by atoms with Crippen LogP contribution >= 0.6 is 11.8 Å². The Kier molecular flexibility index (Phi) is 4.57. The Balaban J connectivity index is 2.05. The van der Waals surface area contributed by atoms with E-state index in [9.17, 15) is 4.79 Å². The van der Waals surface area contributed by atoms with E-state index in [4.69, 9.17) is 0 Å². The van der Waals surface area contributed by atoms with Crippen LogP contribution in [0.2, 0.25) is 0 Å².